The second-order valence-corrected chi connectivity index (χ2v) is 34.2. The second kappa shape index (κ2) is 50.8. The molecule has 0 N–H and O–H groups in total. The van der Waals surface area contributed by atoms with Gasteiger partial charge in [0.2, 0.25) is 0 Å². The molecule has 4 aromatic heterocycles. The smallest absolute Gasteiger partial charge is 0.0704 e. The van der Waals surface area contributed by atoms with Gasteiger partial charge in [-0.1, -0.05) is 319 Å². The Morgan fingerprint density at radius 3 is 1.15 bits per heavy atom. The molecular weight excluding hydrogens is 1490 g/mol. The Balaban J connectivity index is 0.000000159. The lowest BCUT2D eigenvalue weighted by molar-refractivity contribution is 0.773. The number of hydrogen-bond donors (Lipinski definition) is 0. The molecule has 0 aliphatic carbocycles. The molecule has 0 unspecified atom stereocenters. The number of hydrogen-bond acceptors (Lipinski definition) is 4. The van der Waals surface area contributed by atoms with Crippen molar-refractivity contribution in [2.75, 3.05) is 0 Å². The number of para-hydroxylation sites is 2. The molecule has 16 rings (SSSR count). The van der Waals surface area contributed by atoms with E-state index >= 15 is 0 Å². The van der Waals surface area contributed by atoms with Gasteiger partial charge in [0.25, 0.3) is 0 Å². The van der Waals surface area contributed by atoms with Crippen LogP contribution in [0.4, 0.5) is 0 Å². The van der Waals surface area contributed by atoms with Crippen LogP contribution in [0.5, 0.6) is 0 Å². The van der Waals surface area contributed by atoms with Crippen molar-refractivity contribution >= 4 is 86.4 Å². The van der Waals surface area contributed by atoms with Crippen LogP contribution in [0.2, 0.25) is 0 Å². The summed E-state index contributed by atoms with van der Waals surface area (Å²) >= 11 is 0. The topological polar surface area (TPSA) is 51.6 Å². The van der Waals surface area contributed by atoms with Gasteiger partial charge in [-0.2, -0.15) is 0 Å². The van der Waals surface area contributed by atoms with Crippen LogP contribution in [0.15, 0.2) is 249 Å². The quantitative estimate of drug-likeness (QED) is 0.0605. The number of benzene rings is 12. The van der Waals surface area contributed by atoms with Gasteiger partial charge in [-0.3, -0.25) is 19.9 Å². The number of unbranched alkanes of at least 4 members (excludes halogenated alkanes) is 8. The molecule has 16 aromatic rings. The van der Waals surface area contributed by atoms with Crippen LogP contribution in [0.25, 0.3) is 86.4 Å². The summed E-state index contributed by atoms with van der Waals surface area (Å²) in [7, 11) is 0. The number of aromatic nitrogens is 4. The van der Waals surface area contributed by atoms with Crippen molar-refractivity contribution in [2.24, 2.45) is 0 Å². The molecule has 12 aromatic carbocycles. The number of nitrogens with zero attached hydrogens (tertiary/aromatic N) is 4. The summed E-state index contributed by atoms with van der Waals surface area (Å²) in [4.78, 5) is 17.9. The Morgan fingerprint density at radius 2 is 0.561 bits per heavy atom. The van der Waals surface area contributed by atoms with Gasteiger partial charge in [0, 0.05) is 57.7 Å². The third kappa shape index (κ3) is 26.9. The van der Waals surface area contributed by atoms with Gasteiger partial charge < -0.3 is 0 Å². The SMILES string of the molecule is CCCCc1c(C)cc(C)c2ccccc12.CCCCc1c(C)cc2ccccc2c1C.CCCCc1c(C)cnc2ccccc12.CCCCc1c(C)ncc2ccccc12.CCCCc1cc(C)c2ccccc2c1C.CCCCc1ccc2ccccc2c1C.CCCCc1cnc2ccccc2c1C.CCCCc1ncc2ccccc2c1C. The summed E-state index contributed by atoms with van der Waals surface area (Å²) in [5, 5.41) is 19.1. The van der Waals surface area contributed by atoms with Crippen LogP contribution in [-0.4, -0.2) is 19.9 Å². The average Bonchev–Trinajstić information content (AvgIpc) is 0.743. The van der Waals surface area contributed by atoms with Crippen molar-refractivity contribution in [1.82, 2.24) is 19.9 Å². The molecule has 0 aliphatic rings. The minimum absolute atomic E-state index is 1.10. The van der Waals surface area contributed by atoms with Gasteiger partial charge in [-0.15, -0.1) is 0 Å². The lowest BCUT2D eigenvalue weighted by Gasteiger charge is -2.12. The molecule has 0 fully saturated rings. The van der Waals surface area contributed by atoms with E-state index < -0.39 is 0 Å². The van der Waals surface area contributed by atoms with E-state index in [1.54, 1.807) is 11.1 Å². The summed E-state index contributed by atoms with van der Waals surface area (Å²) in [6, 6.07) is 80.2. The average molecular weight is 1630 g/mol. The van der Waals surface area contributed by atoms with E-state index in [1.807, 2.05) is 36.9 Å². The first-order chi connectivity index (χ1) is 59.8. The van der Waals surface area contributed by atoms with E-state index in [4.69, 9.17) is 0 Å². The highest BCUT2D eigenvalue weighted by Crippen LogP contribution is 2.32. The fraction of sp³-hybridized carbons (Fsp3) is 0.361. The Labute approximate surface area is 742 Å². The number of rotatable bonds is 24. The third-order valence-electron chi connectivity index (χ3n) is 25.0. The van der Waals surface area contributed by atoms with Crippen LogP contribution in [0, 0.1) is 76.2 Å². The maximum atomic E-state index is 4.54. The van der Waals surface area contributed by atoms with Crippen molar-refractivity contribution in [3.8, 4) is 0 Å². The van der Waals surface area contributed by atoms with Crippen LogP contribution in [0.3, 0.4) is 0 Å². The molecular formula is C119H146N4. The summed E-state index contributed by atoms with van der Waals surface area (Å²) in [5.41, 5.74) is 29.3. The molecule has 0 radical (unpaired) electrons. The lowest BCUT2D eigenvalue weighted by atomic mass is 9.92. The highest BCUT2D eigenvalue weighted by molar-refractivity contribution is 5.93. The van der Waals surface area contributed by atoms with E-state index in [-0.39, 0.29) is 0 Å². The Hall–Kier alpha value is -10.7. The van der Waals surface area contributed by atoms with Crippen LogP contribution in [0.1, 0.15) is 264 Å². The van der Waals surface area contributed by atoms with E-state index in [0.29, 0.717) is 0 Å². The van der Waals surface area contributed by atoms with Gasteiger partial charge >= 0.3 is 0 Å². The minimum Gasteiger partial charge on any atom is -0.261 e. The maximum Gasteiger partial charge on any atom is 0.0704 e. The van der Waals surface area contributed by atoms with E-state index in [2.05, 4.69) is 364 Å². The zero-order valence-corrected chi connectivity index (χ0v) is 78.9. The van der Waals surface area contributed by atoms with Crippen LogP contribution < -0.4 is 0 Å². The number of fused-ring (bicyclic) bond motifs is 8. The molecule has 0 atom stereocenters. The molecule has 0 bridgehead atoms. The normalized spacial score (nSPS) is 10.9. The fourth-order valence-electron chi connectivity index (χ4n) is 17.3. The first-order valence-electron chi connectivity index (χ1n) is 47.1. The monoisotopic (exact) mass is 1630 g/mol. The molecule has 0 spiro atoms. The van der Waals surface area contributed by atoms with E-state index in [0.717, 1.165) is 30.3 Å². The Kier molecular flexibility index (Phi) is 39.7. The van der Waals surface area contributed by atoms with Crippen LogP contribution in [-0.2, 0) is 51.4 Å². The van der Waals surface area contributed by atoms with Crippen molar-refractivity contribution in [3.05, 3.63) is 355 Å². The zero-order valence-electron chi connectivity index (χ0n) is 78.9. The van der Waals surface area contributed by atoms with E-state index in [9.17, 15) is 0 Å². The highest BCUT2D eigenvalue weighted by atomic mass is 14.7. The maximum absolute atomic E-state index is 4.54. The van der Waals surface area contributed by atoms with Crippen molar-refractivity contribution in [1.29, 1.82) is 0 Å². The third-order valence-corrected chi connectivity index (χ3v) is 25.0. The summed E-state index contributed by atoms with van der Waals surface area (Å²) in [6.07, 6.45) is 37.6. The Morgan fingerprint density at radius 1 is 0.195 bits per heavy atom. The standard InChI is InChI=1S/3C16H20.C15H18.4C14H17N/c1-4-5-9-15-12(2)11-14-8-6-7-10-16(14)13(15)3;1-4-5-8-14-11-12(2)15-9-6-7-10-16(15)13(14)3;1-4-5-8-14-12(2)11-13(3)15-9-6-7-10-16(14)15;1-3-4-7-13-10-11-14-8-5-6-9-15(14)12(13)2;1-3-4-9-14-11(2)13-8-6-5-7-12(13)10-15-14;1-3-4-8-13-11(2)15-10-12-7-5-6-9-14(12)13;1-3-4-7-12-10-15-14-9-6-5-8-13(14)11(12)2;1-3-4-7-12-11(2)10-15-14-9-6-5-8-13(12)14/h6-8,10-11H,4-5,9H2,1-3H3;2*6-7,9-11H,4-5,8H2,1-3H3;5-6,8-11H,3-4,7H2,1-2H3;5-8,10H,3-4,9H2,1-2H3;5-7,9-10H,3-4,8H2,1-2H3;2*5-6,8-10H,3-4,7H2,1-2H3. The summed E-state index contributed by atoms with van der Waals surface area (Å²) in [5.74, 6) is 0. The molecule has 0 saturated heterocycles. The predicted octanol–water partition coefficient (Wildman–Crippen LogP) is 34.4. The van der Waals surface area contributed by atoms with Gasteiger partial charge in [-0.25, -0.2) is 0 Å². The van der Waals surface area contributed by atoms with E-state index in [1.165, 1.54) is 305 Å². The number of pyridine rings is 4. The van der Waals surface area contributed by atoms with Crippen molar-refractivity contribution in [2.45, 2.75) is 286 Å². The molecule has 642 valence electrons. The van der Waals surface area contributed by atoms with Gasteiger partial charge in [0.1, 0.15) is 0 Å². The van der Waals surface area contributed by atoms with Crippen molar-refractivity contribution < 1.29 is 0 Å². The van der Waals surface area contributed by atoms with Gasteiger partial charge in [0.15, 0.2) is 0 Å². The highest BCUT2D eigenvalue weighted by Gasteiger charge is 2.13. The fourth-order valence-corrected chi connectivity index (χ4v) is 17.3. The van der Waals surface area contributed by atoms with Crippen LogP contribution >= 0.6 is 0 Å². The Bertz CT molecular complexity index is 5670. The molecule has 123 heavy (non-hydrogen) atoms. The zero-order chi connectivity index (χ0) is 88.0. The van der Waals surface area contributed by atoms with Gasteiger partial charge in [-0.05, 0) is 339 Å². The largest absolute Gasteiger partial charge is 0.261 e. The summed E-state index contributed by atoms with van der Waals surface area (Å²) < 4.78 is 0. The predicted molar refractivity (Wildman–Crippen MR) is 544 cm³/mol. The molecule has 4 heteroatoms. The minimum atomic E-state index is 1.10. The first kappa shape index (κ1) is 96.1. The van der Waals surface area contributed by atoms with Gasteiger partial charge in [0.05, 0.1) is 11.0 Å². The molecule has 4 nitrogen and oxygen atoms in total. The molecule has 0 saturated carbocycles. The molecule has 0 aliphatic heterocycles. The molecule has 4 heterocycles. The lowest BCUT2D eigenvalue weighted by Crippen LogP contribution is -1.95. The second-order valence-electron chi connectivity index (χ2n) is 34.2. The number of aryl methyl sites for hydroxylation is 18. The van der Waals surface area contributed by atoms with Crippen molar-refractivity contribution in [3.63, 3.8) is 0 Å². The first-order valence-corrected chi connectivity index (χ1v) is 47.1. The summed E-state index contributed by atoms with van der Waals surface area (Å²) in [6.45, 7) is 42.2. The molecule has 0 amide bonds.